The number of halogens is 1. The van der Waals surface area contributed by atoms with Crippen LogP contribution in [0.1, 0.15) is 19.3 Å². The van der Waals surface area contributed by atoms with Crippen molar-refractivity contribution in [3.05, 3.63) is 18.5 Å². The van der Waals surface area contributed by atoms with Gasteiger partial charge in [0.1, 0.15) is 0 Å². The number of piperazine rings is 1. The maximum atomic E-state index is 5.65. The monoisotopic (exact) mass is 503 g/mol. The molecule has 2 heterocycles. The average Bonchev–Trinajstić information content (AvgIpc) is 3.55. The van der Waals surface area contributed by atoms with Gasteiger partial charge in [0.05, 0.1) is 0 Å². The molecular weight excluding hydrogens is 469 g/mol. The molecule has 0 atom stereocenters. The number of rotatable bonds is 10. The molecule has 0 aromatic carbocycles. The maximum absolute atomic E-state index is 5.65. The summed E-state index contributed by atoms with van der Waals surface area (Å²) in [6, 6.07) is 1.85. The molecule has 0 spiro atoms. The normalized spacial score (nSPS) is 17.9. The van der Waals surface area contributed by atoms with Crippen LogP contribution in [0, 0.1) is 5.92 Å². The lowest BCUT2D eigenvalue weighted by molar-refractivity contribution is 0.123. The summed E-state index contributed by atoms with van der Waals surface area (Å²) in [5.41, 5.74) is 0. The molecule has 1 aliphatic heterocycles. The summed E-state index contributed by atoms with van der Waals surface area (Å²) in [6.45, 7) is 8.56. The lowest BCUT2D eigenvalue weighted by Crippen LogP contribution is -2.49. The van der Waals surface area contributed by atoms with Crippen molar-refractivity contribution in [2.45, 2.75) is 19.3 Å². The van der Waals surface area contributed by atoms with Crippen molar-refractivity contribution in [2.75, 3.05) is 71.0 Å². The van der Waals surface area contributed by atoms with Gasteiger partial charge in [-0.25, -0.2) is 9.97 Å². The molecule has 8 nitrogen and oxygen atoms in total. The van der Waals surface area contributed by atoms with Gasteiger partial charge in [-0.15, -0.1) is 24.0 Å². The van der Waals surface area contributed by atoms with Gasteiger partial charge in [-0.1, -0.05) is 0 Å². The molecule has 3 rings (SSSR count). The van der Waals surface area contributed by atoms with Crippen molar-refractivity contribution in [2.24, 2.45) is 10.9 Å². The van der Waals surface area contributed by atoms with Crippen LogP contribution in [-0.2, 0) is 4.74 Å². The van der Waals surface area contributed by atoms with E-state index in [0.29, 0.717) is 0 Å². The topological polar surface area (TPSA) is 77.9 Å². The third-order valence-corrected chi connectivity index (χ3v) is 4.96. The van der Waals surface area contributed by atoms with Gasteiger partial charge in [-0.2, -0.15) is 0 Å². The van der Waals surface area contributed by atoms with Gasteiger partial charge < -0.3 is 20.3 Å². The van der Waals surface area contributed by atoms with Crippen LogP contribution in [0.15, 0.2) is 23.5 Å². The first-order valence-corrected chi connectivity index (χ1v) is 10.1. The van der Waals surface area contributed by atoms with Crippen LogP contribution in [0.3, 0.4) is 0 Å². The van der Waals surface area contributed by atoms with Gasteiger partial charge in [0.15, 0.2) is 5.96 Å². The Bertz CT molecular complexity index is 563. The van der Waals surface area contributed by atoms with E-state index >= 15 is 0 Å². The first kappa shape index (κ1) is 23.1. The molecule has 28 heavy (non-hydrogen) atoms. The summed E-state index contributed by atoms with van der Waals surface area (Å²) in [5.74, 6) is 2.55. The van der Waals surface area contributed by atoms with Crippen molar-refractivity contribution < 1.29 is 4.74 Å². The number of aliphatic imine (C=N–C) groups is 1. The largest absolute Gasteiger partial charge is 0.381 e. The third kappa shape index (κ3) is 8.44. The van der Waals surface area contributed by atoms with E-state index < -0.39 is 0 Å². The highest BCUT2D eigenvalue weighted by atomic mass is 127. The fourth-order valence-corrected chi connectivity index (χ4v) is 3.09. The van der Waals surface area contributed by atoms with Crippen LogP contribution in [0.2, 0.25) is 0 Å². The Morgan fingerprint density at radius 1 is 1.14 bits per heavy atom. The van der Waals surface area contributed by atoms with Gasteiger partial charge in [0, 0.05) is 78.5 Å². The lowest BCUT2D eigenvalue weighted by atomic mass is 10.3. The zero-order chi connectivity index (χ0) is 18.7. The quantitative estimate of drug-likeness (QED) is 0.215. The summed E-state index contributed by atoms with van der Waals surface area (Å²) < 4.78 is 5.65. The number of guanidine groups is 1. The first-order chi connectivity index (χ1) is 13.3. The molecule has 1 aliphatic carbocycles. The van der Waals surface area contributed by atoms with Gasteiger partial charge in [-0.3, -0.25) is 9.89 Å². The van der Waals surface area contributed by atoms with Crippen molar-refractivity contribution in [3.63, 3.8) is 0 Å². The minimum absolute atomic E-state index is 0. The number of nitrogens with one attached hydrogen (secondary N) is 2. The fraction of sp³-hybridized carbons (Fsp3) is 0.737. The second-order valence-electron chi connectivity index (χ2n) is 7.18. The van der Waals surface area contributed by atoms with Gasteiger partial charge in [-0.05, 0) is 31.2 Å². The zero-order valence-corrected chi connectivity index (χ0v) is 19.2. The van der Waals surface area contributed by atoms with Crippen molar-refractivity contribution in [3.8, 4) is 0 Å². The highest BCUT2D eigenvalue weighted by molar-refractivity contribution is 14.0. The number of hydrogen-bond acceptors (Lipinski definition) is 6. The molecule has 2 fully saturated rings. The molecule has 0 unspecified atom stereocenters. The fourth-order valence-electron chi connectivity index (χ4n) is 3.09. The van der Waals surface area contributed by atoms with E-state index in [-0.39, 0.29) is 24.0 Å². The van der Waals surface area contributed by atoms with E-state index in [9.17, 15) is 0 Å². The summed E-state index contributed by atoms with van der Waals surface area (Å²) >= 11 is 0. The molecule has 158 valence electrons. The third-order valence-electron chi connectivity index (χ3n) is 4.96. The summed E-state index contributed by atoms with van der Waals surface area (Å²) in [7, 11) is 1.82. The van der Waals surface area contributed by atoms with Crippen molar-refractivity contribution in [1.29, 1.82) is 0 Å². The molecular formula is C19H34IN7O. The lowest BCUT2D eigenvalue weighted by Gasteiger charge is -2.34. The van der Waals surface area contributed by atoms with E-state index in [4.69, 9.17) is 4.74 Å². The van der Waals surface area contributed by atoms with Gasteiger partial charge >= 0.3 is 0 Å². The Morgan fingerprint density at radius 3 is 2.54 bits per heavy atom. The van der Waals surface area contributed by atoms with Crippen LogP contribution in [0.4, 0.5) is 5.95 Å². The van der Waals surface area contributed by atoms with E-state index in [1.54, 1.807) is 12.4 Å². The van der Waals surface area contributed by atoms with E-state index in [0.717, 1.165) is 83.3 Å². The van der Waals surface area contributed by atoms with Crippen molar-refractivity contribution in [1.82, 2.24) is 25.5 Å². The average molecular weight is 503 g/mol. The van der Waals surface area contributed by atoms with Crippen LogP contribution in [0.25, 0.3) is 0 Å². The molecule has 1 aromatic rings. The molecule has 0 bridgehead atoms. The van der Waals surface area contributed by atoms with Crippen LogP contribution in [0.5, 0.6) is 0 Å². The summed E-state index contributed by atoms with van der Waals surface area (Å²) in [6.07, 6.45) is 7.32. The first-order valence-electron chi connectivity index (χ1n) is 10.1. The number of ether oxygens (including phenoxy) is 1. The highest BCUT2D eigenvalue weighted by Gasteiger charge is 2.21. The predicted molar refractivity (Wildman–Crippen MR) is 124 cm³/mol. The minimum atomic E-state index is 0. The number of nitrogens with zero attached hydrogens (tertiary/aromatic N) is 5. The standard InChI is InChI=1S/C19H33N7O.HI/c1-20-18(21-8-3-15-27-16-17-4-5-17)22-9-10-25-11-13-26(14-12-25)19-23-6-2-7-24-19;/h2,6-7,17H,3-5,8-16H2,1H3,(H2,20,21,22);1H. The molecule has 1 saturated carbocycles. The predicted octanol–water partition coefficient (Wildman–Crippen LogP) is 1.20. The van der Waals surface area contributed by atoms with Crippen LogP contribution in [-0.4, -0.2) is 86.9 Å². The molecule has 2 aliphatic rings. The molecule has 2 N–H and O–H groups in total. The second kappa shape index (κ2) is 13.1. The SMILES string of the molecule is CN=C(NCCCOCC1CC1)NCCN1CCN(c2ncccn2)CC1.I. The number of aromatic nitrogens is 2. The van der Waals surface area contributed by atoms with E-state index in [1.165, 1.54) is 12.8 Å². The van der Waals surface area contributed by atoms with E-state index in [2.05, 4.69) is 35.4 Å². The van der Waals surface area contributed by atoms with Gasteiger partial charge in [0.25, 0.3) is 0 Å². The van der Waals surface area contributed by atoms with E-state index in [1.807, 2.05) is 13.1 Å². The zero-order valence-electron chi connectivity index (χ0n) is 16.8. The van der Waals surface area contributed by atoms with Gasteiger partial charge in [0.2, 0.25) is 5.95 Å². The maximum Gasteiger partial charge on any atom is 0.225 e. The minimum Gasteiger partial charge on any atom is -0.381 e. The Hall–Kier alpha value is -1.20. The molecule has 1 saturated heterocycles. The number of anilines is 1. The molecule has 0 radical (unpaired) electrons. The molecule has 1 aromatic heterocycles. The Kier molecular flexibility index (Phi) is 10.8. The smallest absolute Gasteiger partial charge is 0.225 e. The highest BCUT2D eigenvalue weighted by Crippen LogP contribution is 2.28. The van der Waals surface area contributed by atoms with Crippen molar-refractivity contribution >= 4 is 35.9 Å². The van der Waals surface area contributed by atoms with Crippen LogP contribution >= 0.6 is 24.0 Å². The summed E-state index contributed by atoms with van der Waals surface area (Å²) in [5, 5.41) is 6.75. The molecule has 0 amide bonds. The summed E-state index contributed by atoms with van der Waals surface area (Å²) in [4.78, 5) is 17.7. The second-order valence-corrected chi connectivity index (χ2v) is 7.18. The Balaban J connectivity index is 0.00000280. The molecule has 9 heteroatoms. The van der Waals surface area contributed by atoms with Crippen LogP contribution < -0.4 is 15.5 Å². The Labute approximate surface area is 185 Å². The Morgan fingerprint density at radius 2 is 1.86 bits per heavy atom. The number of hydrogen-bond donors (Lipinski definition) is 2.